The fraction of sp³-hybridized carbons (Fsp3) is 0.533. The van der Waals surface area contributed by atoms with Crippen LogP contribution in [0, 0.1) is 5.92 Å². The average Bonchev–Trinajstić information content (AvgIpc) is 3.29. The summed E-state index contributed by atoms with van der Waals surface area (Å²) in [6.07, 6.45) is 4.32. The molecule has 1 aromatic carbocycles. The van der Waals surface area contributed by atoms with Crippen molar-refractivity contribution in [3.8, 4) is 0 Å². The zero-order valence-electron chi connectivity index (χ0n) is 11.3. The van der Waals surface area contributed by atoms with Crippen molar-refractivity contribution < 1.29 is 4.79 Å². The lowest BCUT2D eigenvalue weighted by Gasteiger charge is -2.18. The van der Waals surface area contributed by atoms with Crippen LogP contribution in [0.15, 0.2) is 28.7 Å². The SMILES string of the molecule is Cl.NC(CNC(=O)C1(c2ccc(Br)cc2)CC1)C1CC1. The van der Waals surface area contributed by atoms with Crippen LogP contribution in [-0.4, -0.2) is 18.5 Å². The van der Waals surface area contributed by atoms with Gasteiger partial charge in [0.15, 0.2) is 0 Å². The predicted octanol–water partition coefficient (Wildman–Crippen LogP) is 2.76. The molecule has 3 rings (SSSR count). The Balaban J connectivity index is 0.00000147. The first-order valence-corrected chi connectivity index (χ1v) is 7.71. The second-order valence-electron chi connectivity index (χ2n) is 5.80. The number of hydrogen-bond acceptors (Lipinski definition) is 2. The van der Waals surface area contributed by atoms with E-state index in [2.05, 4.69) is 21.2 Å². The minimum Gasteiger partial charge on any atom is -0.354 e. The standard InChI is InChI=1S/C15H19BrN2O.ClH/c16-12-5-3-11(4-6-12)15(7-8-15)14(19)18-9-13(17)10-1-2-10;/h3-6,10,13H,1-2,7-9,17H2,(H,18,19);1H. The minimum atomic E-state index is -0.288. The lowest BCUT2D eigenvalue weighted by atomic mass is 9.95. The van der Waals surface area contributed by atoms with E-state index >= 15 is 0 Å². The van der Waals surface area contributed by atoms with Crippen LogP contribution in [0.5, 0.6) is 0 Å². The highest BCUT2D eigenvalue weighted by Gasteiger charge is 2.51. The number of rotatable bonds is 5. The average molecular weight is 360 g/mol. The summed E-state index contributed by atoms with van der Waals surface area (Å²) < 4.78 is 1.04. The first kappa shape index (κ1) is 15.8. The Morgan fingerprint density at radius 2 is 1.95 bits per heavy atom. The van der Waals surface area contributed by atoms with Gasteiger partial charge in [0.05, 0.1) is 5.41 Å². The Morgan fingerprint density at radius 1 is 1.35 bits per heavy atom. The molecule has 0 radical (unpaired) electrons. The van der Waals surface area contributed by atoms with E-state index in [9.17, 15) is 4.79 Å². The Labute approximate surface area is 134 Å². The summed E-state index contributed by atoms with van der Waals surface area (Å²) in [6, 6.07) is 8.20. The Kier molecular flexibility index (Phi) is 4.77. The monoisotopic (exact) mass is 358 g/mol. The van der Waals surface area contributed by atoms with Crippen molar-refractivity contribution >= 4 is 34.2 Å². The highest BCUT2D eigenvalue weighted by atomic mass is 79.9. The Bertz CT molecular complexity index is 483. The molecule has 2 saturated carbocycles. The van der Waals surface area contributed by atoms with Crippen LogP contribution >= 0.6 is 28.3 Å². The molecule has 0 bridgehead atoms. The molecule has 20 heavy (non-hydrogen) atoms. The number of nitrogens with one attached hydrogen (secondary N) is 1. The van der Waals surface area contributed by atoms with Gasteiger partial charge < -0.3 is 11.1 Å². The van der Waals surface area contributed by atoms with E-state index in [4.69, 9.17) is 5.73 Å². The minimum absolute atomic E-state index is 0. The van der Waals surface area contributed by atoms with Gasteiger partial charge in [-0.2, -0.15) is 0 Å². The molecule has 1 unspecified atom stereocenters. The quantitative estimate of drug-likeness (QED) is 0.849. The first-order chi connectivity index (χ1) is 9.12. The van der Waals surface area contributed by atoms with Crippen LogP contribution in [0.25, 0.3) is 0 Å². The molecule has 3 N–H and O–H groups in total. The van der Waals surface area contributed by atoms with E-state index in [1.54, 1.807) is 0 Å². The van der Waals surface area contributed by atoms with Crippen LogP contribution in [0.3, 0.4) is 0 Å². The lowest BCUT2D eigenvalue weighted by Crippen LogP contribution is -2.43. The van der Waals surface area contributed by atoms with Gasteiger partial charge in [0.25, 0.3) is 0 Å². The van der Waals surface area contributed by atoms with Crippen molar-refractivity contribution in [1.82, 2.24) is 5.32 Å². The molecule has 2 aliphatic rings. The van der Waals surface area contributed by atoms with Crippen molar-refractivity contribution in [3.63, 3.8) is 0 Å². The number of amides is 1. The van der Waals surface area contributed by atoms with Crippen molar-refractivity contribution in [1.29, 1.82) is 0 Å². The molecule has 3 nitrogen and oxygen atoms in total. The largest absolute Gasteiger partial charge is 0.354 e. The van der Waals surface area contributed by atoms with Gasteiger partial charge in [-0.05, 0) is 49.3 Å². The highest BCUT2D eigenvalue weighted by molar-refractivity contribution is 9.10. The molecule has 0 aliphatic heterocycles. The molecule has 1 atom stereocenters. The van der Waals surface area contributed by atoms with E-state index < -0.39 is 0 Å². The summed E-state index contributed by atoms with van der Waals surface area (Å²) in [5.41, 5.74) is 6.86. The normalized spacial score (nSPS) is 20.7. The number of carbonyl (C=O) groups excluding carboxylic acids is 1. The van der Waals surface area contributed by atoms with Gasteiger partial charge in [0.1, 0.15) is 0 Å². The molecule has 5 heteroatoms. The lowest BCUT2D eigenvalue weighted by molar-refractivity contribution is -0.123. The van der Waals surface area contributed by atoms with Crippen LogP contribution in [0.4, 0.5) is 0 Å². The van der Waals surface area contributed by atoms with E-state index in [1.165, 1.54) is 12.8 Å². The third kappa shape index (κ3) is 3.18. The number of hydrogen-bond donors (Lipinski definition) is 2. The zero-order valence-corrected chi connectivity index (χ0v) is 13.7. The molecule has 0 spiro atoms. The van der Waals surface area contributed by atoms with Gasteiger partial charge in [0, 0.05) is 17.1 Å². The smallest absolute Gasteiger partial charge is 0.230 e. The molecule has 110 valence electrons. The van der Waals surface area contributed by atoms with Crippen LogP contribution in [-0.2, 0) is 10.2 Å². The molecule has 0 saturated heterocycles. The number of carbonyl (C=O) groups is 1. The van der Waals surface area contributed by atoms with E-state index in [1.807, 2.05) is 24.3 Å². The second-order valence-corrected chi connectivity index (χ2v) is 6.72. The maximum absolute atomic E-state index is 12.4. The first-order valence-electron chi connectivity index (χ1n) is 6.92. The van der Waals surface area contributed by atoms with Gasteiger partial charge in [-0.15, -0.1) is 12.4 Å². The number of benzene rings is 1. The van der Waals surface area contributed by atoms with Crippen LogP contribution in [0.2, 0.25) is 0 Å². The molecule has 2 fully saturated rings. The Morgan fingerprint density at radius 3 is 2.45 bits per heavy atom. The molecular weight excluding hydrogens is 340 g/mol. The topological polar surface area (TPSA) is 55.1 Å². The van der Waals surface area contributed by atoms with E-state index in [-0.39, 0.29) is 29.8 Å². The molecule has 1 aromatic rings. The second kappa shape index (κ2) is 6.04. The van der Waals surface area contributed by atoms with Crippen LogP contribution in [0.1, 0.15) is 31.2 Å². The summed E-state index contributed by atoms with van der Waals surface area (Å²) in [4.78, 5) is 12.4. The number of halogens is 2. The number of nitrogens with two attached hydrogens (primary N) is 1. The summed E-state index contributed by atoms with van der Waals surface area (Å²) in [5, 5.41) is 3.04. The molecular formula is C15H20BrClN2O. The van der Waals surface area contributed by atoms with Crippen molar-refractivity contribution in [2.24, 2.45) is 11.7 Å². The van der Waals surface area contributed by atoms with Gasteiger partial charge in [0.2, 0.25) is 5.91 Å². The fourth-order valence-corrected chi connectivity index (χ4v) is 2.88. The van der Waals surface area contributed by atoms with Gasteiger partial charge in [-0.25, -0.2) is 0 Å². The van der Waals surface area contributed by atoms with Gasteiger partial charge >= 0.3 is 0 Å². The summed E-state index contributed by atoms with van der Waals surface area (Å²) in [7, 11) is 0. The van der Waals surface area contributed by atoms with Crippen molar-refractivity contribution in [3.05, 3.63) is 34.3 Å². The third-order valence-corrected chi connectivity index (χ3v) is 4.84. The summed E-state index contributed by atoms with van der Waals surface area (Å²) >= 11 is 3.43. The predicted molar refractivity (Wildman–Crippen MR) is 86.0 cm³/mol. The summed E-state index contributed by atoms with van der Waals surface area (Å²) in [6.45, 7) is 0.613. The van der Waals surface area contributed by atoms with Crippen molar-refractivity contribution in [2.75, 3.05) is 6.54 Å². The molecule has 2 aliphatic carbocycles. The zero-order chi connectivity index (χ0) is 13.5. The van der Waals surface area contributed by atoms with E-state index in [0.717, 1.165) is 22.9 Å². The summed E-state index contributed by atoms with van der Waals surface area (Å²) in [5.74, 6) is 0.772. The van der Waals surface area contributed by atoms with Crippen LogP contribution < -0.4 is 11.1 Å². The maximum atomic E-state index is 12.4. The molecule has 0 heterocycles. The van der Waals surface area contributed by atoms with Gasteiger partial charge in [-0.1, -0.05) is 28.1 Å². The maximum Gasteiger partial charge on any atom is 0.230 e. The Hall–Kier alpha value is -0.580. The highest BCUT2D eigenvalue weighted by Crippen LogP contribution is 2.48. The van der Waals surface area contributed by atoms with Crippen molar-refractivity contribution in [2.45, 2.75) is 37.1 Å². The van der Waals surface area contributed by atoms with E-state index in [0.29, 0.717) is 12.5 Å². The van der Waals surface area contributed by atoms with Gasteiger partial charge in [-0.3, -0.25) is 4.79 Å². The molecule has 1 amide bonds. The third-order valence-electron chi connectivity index (χ3n) is 4.31. The molecule has 0 aromatic heterocycles. The fourth-order valence-electron chi connectivity index (χ4n) is 2.61.